The van der Waals surface area contributed by atoms with Crippen LogP contribution in [-0.4, -0.2) is 79.4 Å². The van der Waals surface area contributed by atoms with Crippen molar-refractivity contribution in [2.45, 2.75) is 51.4 Å². The molecule has 1 aliphatic carbocycles. The fourth-order valence-corrected chi connectivity index (χ4v) is 5.92. The first-order chi connectivity index (χ1) is 19.1. The fraction of sp³-hybridized carbons (Fsp3) is 0.515. The van der Waals surface area contributed by atoms with E-state index in [4.69, 9.17) is 4.74 Å². The largest absolute Gasteiger partial charge is 0.496 e. The number of benzene rings is 2. The van der Waals surface area contributed by atoms with E-state index >= 15 is 0 Å². The van der Waals surface area contributed by atoms with Gasteiger partial charge in [0.1, 0.15) is 5.75 Å². The molecule has 2 fully saturated rings. The van der Waals surface area contributed by atoms with E-state index in [0.717, 1.165) is 81.7 Å². The van der Waals surface area contributed by atoms with E-state index in [9.17, 15) is 9.59 Å². The van der Waals surface area contributed by atoms with Gasteiger partial charge in [-0.3, -0.25) is 14.5 Å². The molecule has 0 bridgehead atoms. The molecule has 1 heterocycles. The van der Waals surface area contributed by atoms with Crippen molar-refractivity contribution >= 4 is 17.9 Å². The second-order valence-electron chi connectivity index (χ2n) is 10.8. The Hall–Kier alpha value is -3.12. The molecule has 6 nitrogen and oxygen atoms in total. The molecule has 39 heavy (non-hydrogen) atoms. The van der Waals surface area contributed by atoms with Crippen molar-refractivity contribution in [2.24, 2.45) is 5.92 Å². The number of nitrogens with zero attached hydrogens (tertiary/aromatic N) is 3. The highest BCUT2D eigenvalue weighted by molar-refractivity contribution is 5.83. The lowest BCUT2D eigenvalue weighted by atomic mass is 9.88. The maximum absolute atomic E-state index is 13.5. The quantitative estimate of drug-likeness (QED) is 0.387. The molecule has 0 radical (unpaired) electrons. The molecule has 1 saturated carbocycles. The zero-order valence-electron chi connectivity index (χ0n) is 23.8. The third-order valence-electron chi connectivity index (χ3n) is 8.31. The lowest BCUT2D eigenvalue weighted by Gasteiger charge is -2.37. The molecule has 4 rings (SSSR count). The molecule has 6 heteroatoms. The Morgan fingerprint density at radius 3 is 2.36 bits per heavy atom. The lowest BCUT2D eigenvalue weighted by molar-refractivity contribution is -0.136. The summed E-state index contributed by atoms with van der Waals surface area (Å²) in [6.45, 7) is 7.41. The molecule has 1 saturated heterocycles. The Labute approximate surface area is 234 Å². The third-order valence-corrected chi connectivity index (χ3v) is 8.31. The fourth-order valence-electron chi connectivity index (χ4n) is 5.92. The average molecular weight is 532 g/mol. The smallest absolute Gasteiger partial charge is 0.230 e. The predicted molar refractivity (Wildman–Crippen MR) is 158 cm³/mol. The number of carbonyl (C=O) groups excluding carboxylic acids is 2. The van der Waals surface area contributed by atoms with Gasteiger partial charge in [-0.25, -0.2) is 0 Å². The molecule has 0 aromatic heterocycles. The summed E-state index contributed by atoms with van der Waals surface area (Å²) in [6, 6.07) is 18.1. The minimum atomic E-state index is -0.0728. The van der Waals surface area contributed by atoms with Crippen molar-refractivity contribution in [1.29, 1.82) is 0 Å². The van der Waals surface area contributed by atoms with Crippen LogP contribution in [0.25, 0.3) is 6.08 Å². The van der Waals surface area contributed by atoms with E-state index in [1.54, 1.807) is 7.11 Å². The van der Waals surface area contributed by atoms with Crippen LogP contribution in [0.5, 0.6) is 5.75 Å². The van der Waals surface area contributed by atoms with E-state index in [-0.39, 0.29) is 17.7 Å². The standard InChI is InChI=1S/C33H45N3O3/c1-3-30(27-13-6-4-7-14-27)33(38)36-25-22-34(23-26-36)21-24-35(32(37)29-16-8-5-9-17-29)20-12-18-28-15-10-11-19-31(28)39-2/h4,6-7,10-15,18-19,29-30H,3,5,8-9,16-17,20-26H2,1-2H3. The number of ether oxygens (including phenoxy) is 1. The van der Waals surface area contributed by atoms with Gasteiger partial charge in [-0.15, -0.1) is 0 Å². The molecule has 0 N–H and O–H groups in total. The van der Waals surface area contributed by atoms with Crippen molar-refractivity contribution in [3.63, 3.8) is 0 Å². The van der Waals surface area contributed by atoms with Crippen LogP contribution in [0.15, 0.2) is 60.7 Å². The molecule has 1 aliphatic heterocycles. The minimum absolute atomic E-state index is 0.0728. The number of hydrogen-bond donors (Lipinski definition) is 0. The summed E-state index contributed by atoms with van der Waals surface area (Å²) < 4.78 is 5.48. The van der Waals surface area contributed by atoms with Crippen LogP contribution in [0.4, 0.5) is 0 Å². The average Bonchev–Trinajstić information content (AvgIpc) is 3.00. The van der Waals surface area contributed by atoms with Crippen LogP contribution in [0.2, 0.25) is 0 Å². The van der Waals surface area contributed by atoms with Gasteiger partial charge < -0.3 is 14.5 Å². The van der Waals surface area contributed by atoms with Crippen LogP contribution in [-0.2, 0) is 9.59 Å². The van der Waals surface area contributed by atoms with Gasteiger partial charge in [0.15, 0.2) is 0 Å². The molecule has 2 aliphatic rings. The molecule has 2 aromatic rings. The maximum atomic E-state index is 13.5. The Morgan fingerprint density at radius 1 is 0.974 bits per heavy atom. The number of carbonyl (C=O) groups is 2. The number of amides is 2. The molecule has 2 amide bonds. The zero-order chi connectivity index (χ0) is 27.5. The topological polar surface area (TPSA) is 53.1 Å². The minimum Gasteiger partial charge on any atom is -0.496 e. The molecule has 2 aromatic carbocycles. The second kappa shape index (κ2) is 14.9. The highest BCUT2D eigenvalue weighted by atomic mass is 16.5. The number of hydrogen-bond acceptors (Lipinski definition) is 4. The van der Waals surface area contributed by atoms with Gasteiger partial charge in [-0.05, 0) is 30.9 Å². The van der Waals surface area contributed by atoms with E-state index in [1.807, 2.05) is 52.3 Å². The summed E-state index contributed by atoms with van der Waals surface area (Å²) in [5.41, 5.74) is 2.12. The van der Waals surface area contributed by atoms with Gasteiger partial charge in [0.05, 0.1) is 13.0 Å². The van der Waals surface area contributed by atoms with Crippen molar-refractivity contribution in [3.05, 3.63) is 71.8 Å². The summed E-state index contributed by atoms with van der Waals surface area (Å²) in [4.78, 5) is 33.3. The molecular formula is C33H45N3O3. The SMILES string of the molecule is CCC(C(=O)N1CCN(CCN(CC=Cc2ccccc2OC)C(=O)C2CCCCC2)CC1)c1ccccc1. The Bertz CT molecular complexity index is 1070. The molecular weight excluding hydrogens is 486 g/mol. The highest BCUT2D eigenvalue weighted by Gasteiger charge is 2.29. The Balaban J connectivity index is 1.33. The van der Waals surface area contributed by atoms with E-state index in [2.05, 4.69) is 36.1 Å². The summed E-state index contributed by atoms with van der Waals surface area (Å²) in [5.74, 6) is 1.44. The van der Waals surface area contributed by atoms with Crippen molar-refractivity contribution in [3.8, 4) is 5.75 Å². The Morgan fingerprint density at radius 2 is 1.67 bits per heavy atom. The molecule has 210 valence electrons. The number of para-hydroxylation sites is 1. The second-order valence-corrected chi connectivity index (χ2v) is 10.8. The van der Waals surface area contributed by atoms with Gasteiger partial charge in [0, 0.05) is 57.3 Å². The zero-order valence-corrected chi connectivity index (χ0v) is 23.8. The van der Waals surface area contributed by atoms with Crippen molar-refractivity contribution in [1.82, 2.24) is 14.7 Å². The highest BCUT2D eigenvalue weighted by Crippen LogP contribution is 2.26. The normalized spacial score (nSPS) is 17.7. The van der Waals surface area contributed by atoms with Gasteiger partial charge in [-0.1, -0.05) is 86.9 Å². The summed E-state index contributed by atoms with van der Waals surface area (Å²) >= 11 is 0. The van der Waals surface area contributed by atoms with Gasteiger partial charge in [0.2, 0.25) is 11.8 Å². The maximum Gasteiger partial charge on any atom is 0.230 e. The van der Waals surface area contributed by atoms with Gasteiger partial charge in [-0.2, -0.15) is 0 Å². The van der Waals surface area contributed by atoms with Crippen LogP contribution in [0.3, 0.4) is 0 Å². The van der Waals surface area contributed by atoms with E-state index < -0.39 is 0 Å². The van der Waals surface area contributed by atoms with Gasteiger partial charge >= 0.3 is 0 Å². The first-order valence-corrected chi connectivity index (χ1v) is 14.7. The molecule has 1 atom stereocenters. The van der Waals surface area contributed by atoms with Crippen LogP contribution in [0.1, 0.15) is 62.5 Å². The van der Waals surface area contributed by atoms with Crippen LogP contribution >= 0.6 is 0 Å². The lowest BCUT2D eigenvalue weighted by Crippen LogP contribution is -2.52. The molecule has 1 unspecified atom stereocenters. The number of piperazine rings is 1. The predicted octanol–water partition coefficient (Wildman–Crippen LogP) is 5.46. The van der Waals surface area contributed by atoms with Crippen molar-refractivity contribution < 1.29 is 14.3 Å². The van der Waals surface area contributed by atoms with Crippen LogP contribution in [0, 0.1) is 5.92 Å². The van der Waals surface area contributed by atoms with Gasteiger partial charge in [0.25, 0.3) is 0 Å². The first kappa shape index (κ1) is 28.9. The summed E-state index contributed by atoms with van der Waals surface area (Å²) in [6.07, 6.45) is 10.5. The Kier molecular flexibility index (Phi) is 11.0. The van der Waals surface area contributed by atoms with Crippen LogP contribution < -0.4 is 4.74 Å². The molecule has 0 spiro atoms. The number of methoxy groups -OCH3 is 1. The van der Waals surface area contributed by atoms with E-state index in [0.29, 0.717) is 19.0 Å². The summed E-state index contributed by atoms with van der Waals surface area (Å²) in [5, 5.41) is 0. The first-order valence-electron chi connectivity index (χ1n) is 14.7. The van der Waals surface area contributed by atoms with Crippen molar-refractivity contribution in [2.75, 3.05) is 52.9 Å². The monoisotopic (exact) mass is 531 g/mol. The van der Waals surface area contributed by atoms with E-state index in [1.165, 1.54) is 6.42 Å². The number of rotatable bonds is 11. The third kappa shape index (κ3) is 7.95. The summed E-state index contributed by atoms with van der Waals surface area (Å²) in [7, 11) is 1.68.